The zero-order chi connectivity index (χ0) is 28.1. The van der Waals surface area contributed by atoms with Crippen molar-refractivity contribution in [3.05, 3.63) is 29.3 Å². The average molecular weight is 603 g/mol. The van der Waals surface area contributed by atoms with E-state index < -0.39 is 36.9 Å². The summed E-state index contributed by atoms with van der Waals surface area (Å²) in [6.07, 6.45) is 4.22. The fourth-order valence-electron chi connectivity index (χ4n) is 6.93. The Bertz CT molecular complexity index is 1330. The number of piperidine rings is 2. The molecular weight excluding hydrogens is 568 g/mol. The number of urea groups is 1. The van der Waals surface area contributed by atoms with Crippen LogP contribution in [0.2, 0.25) is 5.02 Å². The molecule has 0 spiro atoms. The van der Waals surface area contributed by atoms with Crippen molar-refractivity contribution in [2.24, 2.45) is 11.8 Å². The first-order valence-corrected chi connectivity index (χ1v) is 17.3. The quantitative estimate of drug-likeness (QED) is 0.520. The van der Waals surface area contributed by atoms with Crippen LogP contribution in [0.5, 0.6) is 0 Å². The Balaban J connectivity index is 1.47. The molecule has 1 N–H and O–H groups in total. The van der Waals surface area contributed by atoms with E-state index in [9.17, 15) is 26.4 Å². The van der Waals surface area contributed by atoms with E-state index >= 15 is 0 Å². The molecule has 0 bridgehead atoms. The molecule has 3 aliphatic heterocycles. The van der Waals surface area contributed by atoms with Crippen LogP contribution in [0.4, 0.5) is 10.5 Å². The van der Waals surface area contributed by atoms with Crippen molar-refractivity contribution in [1.29, 1.82) is 0 Å². The van der Waals surface area contributed by atoms with Crippen molar-refractivity contribution in [1.82, 2.24) is 14.5 Å². The van der Waals surface area contributed by atoms with Crippen LogP contribution < -0.4 is 10.2 Å². The van der Waals surface area contributed by atoms with Crippen LogP contribution in [0.15, 0.2) is 24.3 Å². The van der Waals surface area contributed by atoms with Gasteiger partial charge in [-0.15, -0.1) is 0 Å². The number of fused-ring (bicyclic) bond motifs is 3. The number of anilines is 1. The lowest BCUT2D eigenvalue weighted by Gasteiger charge is -2.57. The summed E-state index contributed by atoms with van der Waals surface area (Å²) >= 11 is 6.22. The smallest absolute Gasteiger partial charge is 0.331 e. The van der Waals surface area contributed by atoms with Gasteiger partial charge in [0.15, 0.2) is 14.9 Å². The van der Waals surface area contributed by atoms with Gasteiger partial charge in [0.2, 0.25) is 15.9 Å². The molecule has 1 aromatic carbocycles. The number of sulfone groups is 1. The molecule has 4 fully saturated rings. The van der Waals surface area contributed by atoms with E-state index in [1.807, 2.05) is 4.90 Å². The third-order valence-electron chi connectivity index (χ3n) is 8.53. The molecular formula is C25H35ClN4O7S2. The van der Waals surface area contributed by atoms with Crippen LogP contribution in [0.25, 0.3) is 0 Å². The van der Waals surface area contributed by atoms with E-state index in [1.165, 1.54) is 9.21 Å². The highest BCUT2D eigenvalue weighted by atomic mass is 35.5. The van der Waals surface area contributed by atoms with E-state index in [0.29, 0.717) is 30.1 Å². The molecule has 39 heavy (non-hydrogen) atoms. The minimum Gasteiger partial charge on any atom is -0.380 e. The molecule has 11 nitrogen and oxygen atoms in total. The molecule has 5 atom stereocenters. The summed E-state index contributed by atoms with van der Waals surface area (Å²) in [5.41, 5.74) is 0.398. The fourth-order valence-corrected chi connectivity index (χ4v) is 10.6. The normalized spacial score (nSPS) is 31.2. The zero-order valence-corrected chi connectivity index (χ0v) is 24.4. The molecule has 216 valence electrons. The second-order valence-corrected chi connectivity index (χ2v) is 15.9. The predicted octanol–water partition coefficient (Wildman–Crippen LogP) is 1.68. The summed E-state index contributed by atoms with van der Waals surface area (Å²) in [5, 5.41) is 3.01. The number of imide groups is 1. The van der Waals surface area contributed by atoms with Gasteiger partial charge in [-0.05, 0) is 49.8 Å². The van der Waals surface area contributed by atoms with Crippen LogP contribution in [-0.2, 0) is 29.4 Å². The third-order valence-corrected chi connectivity index (χ3v) is 12.8. The SMILES string of the molecule is COC1CCCC2C1NCC1C(=O)N(c3cccc(Cl)c3)C(=O)N(C3CCN(S(=O)(=O)CS(C)(=O)=O)CC3)C12. The summed E-state index contributed by atoms with van der Waals surface area (Å²) in [7, 11) is -6.04. The molecule has 3 heterocycles. The first-order chi connectivity index (χ1) is 18.4. The zero-order valence-electron chi connectivity index (χ0n) is 22.0. The van der Waals surface area contributed by atoms with Crippen LogP contribution in [0, 0.1) is 11.8 Å². The van der Waals surface area contributed by atoms with Gasteiger partial charge >= 0.3 is 6.03 Å². The number of nitrogens with zero attached hydrogens (tertiary/aromatic N) is 3. The number of nitrogens with one attached hydrogen (secondary N) is 1. The van der Waals surface area contributed by atoms with Crippen LogP contribution >= 0.6 is 11.6 Å². The van der Waals surface area contributed by atoms with Crippen molar-refractivity contribution < 1.29 is 31.2 Å². The minimum absolute atomic E-state index is 0.000970. The Morgan fingerprint density at radius 2 is 1.79 bits per heavy atom. The lowest BCUT2D eigenvalue weighted by atomic mass is 9.69. The van der Waals surface area contributed by atoms with Crippen molar-refractivity contribution in [2.45, 2.75) is 56.3 Å². The highest BCUT2D eigenvalue weighted by Crippen LogP contribution is 2.43. The summed E-state index contributed by atoms with van der Waals surface area (Å²) in [6.45, 7) is 0.594. The monoisotopic (exact) mass is 602 g/mol. The summed E-state index contributed by atoms with van der Waals surface area (Å²) in [5.74, 6) is -0.753. The van der Waals surface area contributed by atoms with Gasteiger partial charge in [-0.25, -0.2) is 30.8 Å². The maximum Gasteiger partial charge on any atom is 0.331 e. The molecule has 5 rings (SSSR count). The van der Waals surface area contributed by atoms with Gasteiger partial charge in [-0.2, -0.15) is 0 Å². The molecule has 4 aliphatic rings. The van der Waals surface area contributed by atoms with E-state index in [1.54, 1.807) is 31.4 Å². The Morgan fingerprint density at radius 3 is 2.44 bits per heavy atom. The minimum atomic E-state index is -3.99. The van der Waals surface area contributed by atoms with Crippen molar-refractivity contribution in [3.8, 4) is 0 Å². The van der Waals surface area contributed by atoms with Gasteiger partial charge in [0.05, 0.1) is 23.8 Å². The van der Waals surface area contributed by atoms with E-state index in [2.05, 4.69) is 5.32 Å². The van der Waals surface area contributed by atoms with Gasteiger partial charge in [0.25, 0.3) is 0 Å². The third kappa shape index (κ3) is 5.58. The lowest BCUT2D eigenvalue weighted by Crippen LogP contribution is -2.74. The summed E-state index contributed by atoms with van der Waals surface area (Å²) < 4.78 is 55.8. The van der Waals surface area contributed by atoms with Crippen molar-refractivity contribution in [3.63, 3.8) is 0 Å². The van der Waals surface area contributed by atoms with E-state index in [-0.39, 0.29) is 49.1 Å². The molecule has 1 saturated carbocycles. The lowest BCUT2D eigenvalue weighted by molar-refractivity contribution is -0.132. The first kappa shape index (κ1) is 28.7. The van der Waals surface area contributed by atoms with Crippen LogP contribution in [0.3, 0.4) is 0 Å². The number of ether oxygens (including phenoxy) is 1. The molecule has 3 saturated heterocycles. The number of carbonyl (C=O) groups excluding carboxylic acids is 2. The van der Waals surface area contributed by atoms with Crippen molar-refractivity contribution in [2.75, 3.05) is 43.0 Å². The number of rotatable bonds is 6. The summed E-state index contributed by atoms with van der Waals surface area (Å²) in [6, 6.07) is 5.55. The standard InChI is InChI=1S/C25H35ClN4O7S2/c1-37-21-8-4-7-19-22(21)27-14-20-23(19)29(25(32)30(24(20)31)18-6-3-5-16(26)13-18)17-9-11-28(12-10-17)39(35,36)15-38(2,33)34/h3,5-6,13,17,19-23,27H,4,7-12,14-15H2,1-2H3. The van der Waals surface area contributed by atoms with E-state index in [0.717, 1.165) is 25.5 Å². The van der Waals surface area contributed by atoms with Gasteiger partial charge in [-0.3, -0.25) is 4.79 Å². The van der Waals surface area contributed by atoms with Gasteiger partial charge in [-0.1, -0.05) is 24.1 Å². The molecule has 3 amide bonds. The maximum atomic E-state index is 14.2. The molecule has 14 heteroatoms. The topological polar surface area (TPSA) is 133 Å². The highest BCUT2D eigenvalue weighted by Gasteiger charge is 2.57. The molecule has 1 aromatic rings. The number of hydrogen-bond acceptors (Lipinski definition) is 8. The van der Waals surface area contributed by atoms with Gasteiger partial charge < -0.3 is 15.0 Å². The first-order valence-electron chi connectivity index (χ1n) is 13.2. The average Bonchev–Trinajstić information content (AvgIpc) is 2.87. The number of methoxy groups -OCH3 is 1. The fraction of sp³-hybridized carbons (Fsp3) is 0.680. The Hall–Kier alpha value is -1.77. The number of benzene rings is 1. The van der Waals surface area contributed by atoms with Crippen molar-refractivity contribution >= 4 is 49.1 Å². The maximum absolute atomic E-state index is 14.2. The predicted molar refractivity (Wildman–Crippen MR) is 147 cm³/mol. The second kappa shape index (κ2) is 10.9. The van der Waals surface area contributed by atoms with Crippen LogP contribution in [-0.4, -0.2) is 100 Å². The number of hydrogen-bond donors (Lipinski definition) is 1. The number of carbonyl (C=O) groups is 2. The van der Waals surface area contributed by atoms with Gasteiger partial charge in [0.1, 0.15) is 0 Å². The summed E-state index contributed by atoms with van der Waals surface area (Å²) in [4.78, 5) is 31.1. The second-order valence-electron chi connectivity index (χ2n) is 11.0. The number of halogens is 1. The Kier molecular flexibility index (Phi) is 8.03. The molecule has 0 aromatic heterocycles. The van der Waals surface area contributed by atoms with Crippen LogP contribution in [0.1, 0.15) is 32.1 Å². The Morgan fingerprint density at radius 1 is 1.08 bits per heavy atom. The molecule has 5 unspecified atom stereocenters. The highest BCUT2D eigenvalue weighted by molar-refractivity contribution is 8.06. The van der Waals surface area contributed by atoms with E-state index in [4.69, 9.17) is 16.3 Å². The molecule has 1 aliphatic carbocycles. The Labute approximate surface area is 234 Å². The number of amides is 3. The molecule has 0 radical (unpaired) electrons. The largest absolute Gasteiger partial charge is 0.380 e. The van der Waals surface area contributed by atoms with Gasteiger partial charge in [0, 0.05) is 50.1 Å². The number of sulfonamides is 1.